The van der Waals surface area contributed by atoms with Crippen LogP contribution in [0, 0.1) is 0 Å². The quantitative estimate of drug-likeness (QED) is 0.822. The highest BCUT2D eigenvalue weighted by Gasteiger charge is 2.10. The molecule has 0 aromatic heterocycles. The van der Waals surface area contributed by atoms with E-state index in [9.17, 15) is 5.11 Å². The maximum absolute atomic E-state index is 9.35. The van der Waals surface area contributed by atoms with Gasteiger partial charge in [0.2, 0.25) is 0 Å². The Balaban J connectivity index is 3.28. The lowest BCUT2D eigenvalue weighted by Crippen LogP contribution is -1.93. The van der Waals surface area contributed by atoms with Crippen LogP contribution in [0.3, 0.4) is 0 Å². The zero-order valence-corrected chi connectivity index (χ0v) is 11.0. The van der Waals surface area contributed by atoms with Crippen LogP contribution in [0.1, 0.15) is 5.56 Å². The van der Waals surface area contributed by atoms with Crippen LogP contribution < -0.4 is 0 Å². The van der Waals surface area contributed by atoms with E-state index in [4.69, 9.17) is 0 Å². The largest absolute Gasteiger partial charge is 0.392 e. The Bertz CT molecular complexity index is 281. The third-order valence-corrected chi connectivity index (χ3v) is 4.59. The molecule has 0 spiro atoms. The van der Waals surface area contributed by atoms with Gasteiger partial charge in [0.05, 0.1) is 6.61 Å². The molecular formula is C10H14OS3. The van der Waals surface area contributed by atoms with Gasteiger partial charge in [0.25, 0.3) is 0 Å². The molecule has 1 nitrogen and oxygen atoms in total. The summed E-state index contributed by atoms with van der Waals surface area (Å²) >= 11 is 5.12. The predicted octanol–water partition coefficient (Wildman–Crippen LogP) is 3.34. The van der Waals surface area contributed by atoms with Gasteiger partial charge in [-0.1, -0.05) is 0 Å². The highest BCUT2D eigenvalue weighted by Crippen LogP contribution is 2.36. The van der Waals surface area contributed by atoms with Gasteiger partial charge in [-0.15, -0.1) is 35.3 Å². The Morgan fingerprint density at radius 3 is 2.00 bits per heavy atom. The Morgan fingerprint density at radius 2 is 1.57 bits per heavy atom. The number of aliphatic hydroxyl groups excluding tert-OH is 1. The van der Waals surface area contributed by atoms with E-state index >= 15 is 0 Å². The van der Waals surface area contributed by atoms with Crippen molar-refractivity contribution in [2.24, 2.45) is 0 Å². The first kappa shape index (κ1) is 12.3. The molecule has 0 unspecified atom stereocenters. The average molecular weight is 246 g/mol. The van der Waals surface area contributed by atoms with Gasteiger partial charge in [-0.25, -0.2) is 0 Å². The lowest BCUT2D eigenvalue weighted by atomic mass is 10.2. The molecule has 1 aromatic carbocycles. The van der Waals surface area contributed by atoms with Crippen LogP contribution in [0.15, 0.2) is 26.8 Å². The summed E-state index contributed by atoms with van der Waals surface area (Å²) in [6.45, 7) is 0.126. The van der Waals surface area contributed by atoms with E-state index in [2.05, 4.69) is 24.6 Å². The fraction of sp³-hybridized carbons (Fsp3) is 0.400. The Morgan fingerprint density at radius 1 is 1.00 bits per heavy atom. The van der Waals surface area contributed by atoms with Crippen molar-refractivity contribution in [2.45, 2.75) is 21.3 Å². The van der Waals surface area contributed by atoms with Gasteiger partial charge in [0, 0.05) is 20.2 Å². The average Bonchev–Trinajstić information content (AvgIpc) is 2.26. The van der Waals surface area contributed by atoms with Crippen LogP contribution in [0.5, 0.6) is 0 Å². The third kappa shape index (κ3) is 2.42. The van der Waals surface area contributed by atoms with Gasteiger partial charge in [-0.05, 0) is 30.9 Å². The van der Waals surface area contributed by atoms with Crippen molar-refractivity contribution < 1.29 is 5.11 Å². The molecule has 0 aliphatic heterocycles. The number of thioether (sulfide) groups is 3. The molecule has 0 saturated carbocycles. The number of hydrogen-bond donors (Lipinski definition) is 1. The number of hydrogen-bond acceptors (Lipinski definition) is 4. The summed E-state index contributed by atoms with van der Waals surface area (Å²) in [5.74, 6) is 0. The van der Waals surface area contributed by atoms with E-state index in [1.807, 2.05) is 6.26 Å². The molecule has 0 amide bonds. The molecular weight excluding hydrogens is 232 g/mol. The SMILES string of the molecule is CSc1ccc(SC)c(SC)c1CO. The summed E-state index contributed by atoms with van der Waals surface area (Å²) in [6, 6.07) is 4.21. The summed E-state index contributed by atoms with van der Waals surface area (Å²) in [7, 11) is 0. The molecule has 0 radical (unpaired) electrons. The molecule has 78 valence electrons. The van der Waals surface area contributed by atoms with Crippen molar-refractivity contribution in [1.29, 1.82) is 0 Å². The van der Waals surface area contributed by atoms with Crippen molar-refractivity contribution in [3.8, 4) is 0 Å². The van der Waals surface area contributed by atoms with Gasteiger partial charge in [-0.2, -0.15) is 0 Å². The highest BCUT2D eigenvalue weighted by molar-refractivity contribution is 8.01. The number of rotatable bonds is 4. The zero-order chi connectivity index (χ0) is 10.6. The first-order valence-corrected chi connectivity index (χ1v) is 7.84. The molecule has 0 bridgehead atoms. The second-order valence-corrected chi connectivity index (χ2v) is 5.15. The molecule has 4 heteroatoms. The lowest BCUT2D eigenvalue weighted by Gasteiger charge is -2.13. The molecule has 1 aromatic rings. The molecule has 0 aliphatic carbocycles. The molecule has 0 fully saturated rings. The number of aliphatic hydroxyl groups is 1. The minimum absolute atomic E-state index is 0.126. The maximum atomic E-state index is 9.35. The van der Waals surface area contributed by atoms with Gasteiger partial charge in [0.1, 0.15) is 0 Å². The molecule has 0 saturated heterocycles. The van der Waals surface area contributed by atoms with Crippen LogP contribution in [0.4, 0.5) is 0 Å². The molecule has 0 aliphatic rings. The van der Waals surface area contributed by atoms with Crippen molar-refractivity contribution in [3.05, 3.63) is 17.7 Å². The van der Waals surface area contributed by atoms with Crippen LogP contribution in [0.25, 0.3) is 0 Å². The molecule has 0 heterocycles. The van der Waals surface area contributed by atoms with E-state index < -0.39 is 0 Å². The van der Waals surface area contributed by atoms with Crippen LogP contribution in [-0.2, 0) is 6.61 Å². The van der Waals surface area contributed by atoms with E-state index in [1.165, 1.54) is 14.7 Å². The van der Waals surface area contributed by atoms with E-state index in [0.29, 0.717) is 0 Å². The van der Waals surface area contributed by atoms with Crippen LogP contribution >= 0.6 is 35.3 Å². The summed E-state index contributed by atoms with van der Waals surface area (Å²) in [5.41, 5.74) is 1.07. The van der Waals surface area contributed by atoms with Crippen LogP contribution in [-0.4, -0.2) is 23.9 Å². The molecule has 1 rings (SSSR count). The van der Waals surface area contributed by atoms with Crippen molar-refractivity contribution in [3.63, 3.8) is 0 Å². The summed E-state index contributed by atoms with van der Waals surface area (Å²) < 4.78 is 0. The van der Waals surface area contributed by atoms with Gasteiger partial charge >= 0.3 is 0 Å². The predicted molar refractivity (Wildman–Crippen MR) is 67.7 cm³/mol. The van der Waals surface area contributed by atoms with Crippen molar-refractivity contribution >= 4 is 35.3 Å². The first-order valence-electron chi connectivity index (χ1n) is 4.17. The maximum Gasteiger partial charge on any atom is 0.0704 e. The highest BCUT2D eigenvalue weighted by atomic mass is 32.2. The van der Waals surface area contributed by atoms with Gasteiger partial charge < -0.3 is 5.11 Å². The lowest BCUT2D eigenvalue weighted by molar-refractivity contribution is 0.275. The molecule has 0 atom stereocenters. The summed E-state index contributed by atoms with van der Waals surface area (Å²) in [5, 5.41) is 9.35. The van der Waals surface area contributed by atoms with E-state index in [1.54, 1.807) is 35.3 Å². The van der Waals surface area contributed by atoms with Crippen molar-refractivity contribution in [2.75, 3.05) is 18.8 Å². The molecule has 14 heavy (non-hydrogen) atoms. The Labute approximate surface area is 98.1 Å². The summed E-state index contributed by atoms with van der Waals surface area (Å²) in [4.78, 5) is 3.64. The second kappa shape index (κ2) is 5.95. The third-order valence-electron chi connectivity index (χ3n) is 1.98. The monoisotopic (exact) mass is 246 g/mol. The summed E-state index contributed by atoms with van der Waals surface area (Å²) in [6.07, 6.45) is 6.16. The van der Waals surface area contributed by atoms with Gasteiger partial charge in [0.15, 0.2) is 0 Å². The van der Waals surface area contributed by atoms with E-state index in [-0.39, 0.29) is 6.61 Å². The van der Waals surface area contributed by atoms with E-state index in [0.717, 1.165) is 5.56 Å². The van der Waals surface area contributed by atoms with Crippen molar-refractivity contribution in [1.82, 2.24) is 0 Å². The number of benzene rings is 1. The Hall–Kier alpha value is 0.230. The normalized spacial score (nSPS) is 10.6. The molecule has 1 N–H and O–H groups in total. The minimum atomic E-state index is 0.126. The second-order valence-electron chi connectivity index (χ2n) is 2.64. The fourth-order valence-corrected chi connectivity index (χ4v) is 3.70. The standard InChI is InChI=1S/C10H14OS3/c1-12-8-4-5-9(13-2)10(14-3)7(8)6-11/h4-5,11H,6H2,1-3H3. The first-order chi connectivity index (χ1) is 6.78. The minimum Gasteiger partial charge on any atom is -0.392 e. The Kier molecular flexibility index (Phi) is 5.23. The fourth-order valence-electron chi connectivity index (χ4n) is 1.31. The topological polar surface area (TPSA) is 20.2 Å². The van der Waals surface area contributed by atoms with Crippen LogP contribution in [0.2, 0.25) is 0 Å². The van der Waals surface area contributed by atoms with Gasteiger partial charge in [-0.3, -0.25) is 0 Å². The smallest absolute Gasteiger partial charge is 0.0704 e. The zero-order valence-electron chi connectivity index (χ0n) is 8.53.